The highest BCUT2D eigenvalue weighted by atomic mass is 16.4. The first-order valence-corrected chi connectivity index (χ1v) is 11.8. The van der Waals surface area contributed by atoms with Crippen molar-refractivity contribution >= 4 is 35.0 Å². The van der Waals surface area contributed by atoms with Gasteiger partial charge in [0.1, 0.15) is 29.2 Å². The molecule has 0 aliphatic rings. The van der Waals surface area contributed by atoms with E-state index in [2.05, 4.69) is 25.9 Å². The van der Waals surface area contributed by atoms with Crippen molar-refractivity contribution in [2.75, 3.05) is 16.4 Å². The molecular weight excluding hydrogens is 504 g/mol. The number of carboxylic acid groups (broad SMARTS) is 1. The maximum Gasteiger partial charge on any atom is 0.335 e. The van der Waals surface area contributed by atoms with E-state index in [1.807, 2.05) is 0 Å². The number of anilines is 3. The zero-order valence-corrected chi connectivity index (χ0v) is 20.8. The molecule has 12 nitrogen and oxygen atoms in total. The Morgan fingerprint density at radius 3 is 2.38 bits per heavy atom. The molecule has 4 rings (SSSR count). The average Bonchev–Trinajstić information content (AvgIpc) is 2.91. The van der Waals surface area contributed by atoms with Crippen LogP contribution in [0.4, 0.5) is 17.2 Å². The Morgan fingerprint density at radius 1 is 0.923 bits per heavy atom. The molecule has 1 aromatic heterocycles. The smallest absolute Gasteiger partial charge is 0.335 e. The average molecular weight is 529 g/mol. The van der Waals surface area contributed by atoms with Gasteiger partial charge in [0.25, 0.3) is 16.8 Å². The minimum atomic E-state index is -1.02. The van der Waals surface area contributed by atoms with Gasteiger partial charge in [-0.3, -0.25) is 19.2 Å². The van der Waals surface area contributed by atoms with Crippen LogP contribution in [-0.2, 0) is 24.3 Å². The van der Waals surface area contributed by atoms with E-state index in [1.165, 1.54) is 12.1 Å². The van der Waals surface area contributed by atoms with Crippen molar-refractivity contribution in [2.24, 2.45) is 0 Å². The van der Waals surface area contributed by atoms with Gasteiger partial charge in [-0.2, -0.15) is 0 Å². The highest BCUT2D eigenvalue weighted by Crippen LogP contribution is 2.14. The summed E-state index contributed by atoms with van der Waals surface area (Å²) in [6.07, 6.45) is 1.18. The van der Waals surface area contributed by atoms with E-state index in [4.69, 9.17) is 10.8 Å². The lowest BCUT2D eigenvalue weighted by molar-refractivity contribution is -0.115. The van der Waals surface area contributed by atoms with Gasteiger partial charge in [0, 0.05) is 19.2 Å². The summed E-state index contributed by atoms with van der Waals surface area (Å²) < 4.78 is 0. The molecule has 3 aromatic carbocycles. The molecule has 198 valence electrons. The Labute approximate surface area is 221 Å². The topological polar surface area (TPSA) is 193 Å². The molecule has 0 atom stereocenters. The van der Waals surface area contributed by atoms with Crippen LogP contribution in [0.1, 0.15) is 43.1 Å². The molecule has 6 N–H and O–H groups in total. The second kappa shape index (κ2) is 11.3. The molecule has 0 spiro atoms. The summed E-state index contributed by atoms with van der Waals surface area (Å²) in [7, 11) is 0. The maximum absolute atomic E-state index is 12.6. The summed E-state index contributed by atoms with van der Waals surface area (Å²) in [5.41, 5.74) is 7.20. The van der Waals surface area contributed by atoms with Crippen LogP contribution in [0.15, 0.2) is 64.4 Å². The van der Waals surface area contributed by atoms with Crippen LogP contribution in [0.3, 0.4) is 0 Å². The van der Waals surface area contributed by atoms with Crippen molar-refractivity contribution in [3.63, 3.8) is 0 Å². The van der Waals surface area contributed by atoms with Crippen molar-refractivity contribution in [2.45, 2.75) is 26.4 Å². The first-order chi connectivity index (χ1) is 18.6. The number of nitrogens with one attached hydrogen (secondary N) is 3. The quantitative estimate of drug-likeness (QED) is 0.188. The number of nitrogens with two attached hydrogens (primary N) is 1. The third-order valence-electron chi connectivity index (χ3n) is 5.91. The number of aryl methyl sites for hydroxylation is 1. The van der Waals surface area contributed by atoms with Gasteiger partial charge in [-0.25, -0.2) is 14.8 Å². The Hall–Kier alpha value is -5.39. The number of nitrogen functional groups attached to an aromatic ring is 1. The van der Waals surface area contributed by atoms with E-state index in [0.717, 1.165) is 17.5 Å². The van der Waals surface area contributed by atoms with Gasteiger partial charge in [0.15, 0.2) is 0 Å². The van der Waals surface area contributed by atoms with E-state index in [-0.39, 0.29) is 53.9 Å². The van der Waals surface area contributed by atoms with E-state index >= 15 is 0 Å². The van der Waals surface area contributed by atoms with Crippen LogP contribution >= 0.6 is 0 Å². The SMILES string of the molecule is Cc1cc(CNC(=O)c2cc(NC(=O)Cc3cccc(CNc4c(N)c(=O)c4=O)c3)ncn2)ccc1C(=O)O. The van der Waals surface area contributed by atoms with E-state index in [1.54, 1.807) is 43.3 Å². The second-order valence-corrected chi connectivity index (χ2v) is 8.77. The monoisotopic (exact) mass is 528 g/mol. The normalized spacial score (nSPS) is 10.7. The molecule has 12 heteroatoms. The number of benzene rings is 2. The van der Waals surface area contributed by atoms with Crippen LogP contribution in [-0.4, -0.2) is 32.9 Å². The third kappa shape index (κ3) is 6.31. The molecule has 2 amide bonds. The molecule has 0 radical (unpaired) electrons. The molecule has 0 saturated carbocycles. The predicted octanol–water partition coefficient (Wildman–Crippen LogP) is 1.38. The lowest BCUT2D eigenvalue weighted by atomic mass is 10.1. The lowest BCUT2D eigenvalue weighted by Crippen LogP contribution is -2.36. The molecular formula is C27H24N6O6. The standard InChI is InChI=1S/C27H24N6O6/c1-14-7-17(5-6-18(14)27(38)39)12-30-26(37)19-10-20(32-13-31-19)33-21(34)9-15-3-2-4-16(8-15)11-29-23-22(28)24(35)25(23)36/h2-8,10,13,29H,9,11-12,28H2,1H3,(H,30,37)(H,38,39)(H,31,32,33,34). The molecule has 0 bridgehead atoms. The molecule has 0 saturated heterocycles. The van der Waals surface area contributed by atoms with Crippen molar-refractivity contribution in [1.82, 2.24) is 15.3 Å². The van der Waals surface area contributed by atoms with E-state index in [9.17, 15) is 24.0 Å². The number of carbonyl (C=O) groups is 3. The van der Waals surface area contributed by atoms with Crippen molar-refractivity contribution in [3.05, 3.63) is 109 Å². The summed E-state index contributed by atoms with van der Waals surface area (Å²) >= 11 is 0. The Bertz CT molecular complexity index is 1660. The molecule has 0 unspecified atom stereocenters. The number of aromatic carboxylic acids is 1. The number of aromatic nitrogens is 2. The van der Waals surface area contributed by atoms with Gasteiger partial charge in [0.2, 0.25) is 5.91 Å². The fraction of sp³-hybridized carbons (Fsp3) is 0.148. The Balaban J connectivity index is 1.32. The van der Waals surface area contributed by atoms with Gasteiger partial charge < -0.3 is 26.8 Å². The summed E-state index contributed by atoms with van der Waals surface area (Å²) in [5, 5.41) is 17.3. The molecule has 0 aliphatic heterocycles. The Morgan fingerprint density at radius 2 is 1.67 bits per heavy atom. The number of carboxylic acids is 1. The minimum Gasteiger partial charge on any atom is -0.478 e. The second-order valence-electron chi connectivity index (χ2n) is 8.77. The van der Waals surface area contributed by atoms with Gasteiger partial charge in [0.05, 0.1) is 12.0 Å². The summed E-state index contributed by atoms with van der Waals surface area (Å²) in [6, 6.07) is 13.2. The van der Waals surface area contributed by atoms with Crippen LogP contribution in [0.25, 0.3) is 0 Å². The van der Waals surface area contributed by atoms with Gasteiger partial charge in [-0.15, -0.1) is 0 Å². The van der Waals surface area contributed by atoms with Crippen molar-refractivity contribution in [1.29, 1.82) is 0 Å². The fourth-order valence-corrected chi connectivity index (χ4v) is 3.90. The maximum atomic E-state index is 12.6. The van der Waals surface area contributed by atoms with Crippen LogP contribution in [0, 0.1) is 6.92 Å². The van der Waals surface area contributed by atoms with E-state index < -0.39 is 22.7 Å². The number of hydrogen-bond acceptors (Lipinski definition) is 9. The number of nitrogens with zero attached hydrogens (tertiary/aromatic N) is 2. The zero-order chi connectivity index (χ0) is 28.1. The zero-order valence-electron chi connectivity index (χ0n) is 20.8. The minimum absolute atomic E-state index is 0.0211. The van der Waals surface area contributed by atoms with Crippen LogP contribution in [0.5, 0.6) is 0 Å². The van der Waals surface area contributed by atoms with Crippen molar-refractivity contribution in [3.8, 4) is 0 Å². The molecule has 0 fully saturated rings. The largest absolute Gasteiger partial charge is 0.478 e. The lowest BCUT2D eigenvalue weighted by Gasteiger charge is -2.11. The summed E-state index contributed by atoms with van der Waals surface area (Å²) in [4.78, 5) is 67.1. The molecule has 4 aromatic rings. The van der Waals surface area contributed by atoms with Crippen LogP contribution < -0.4 is 32.5 Å². The molecule has 1 heterocycles. The fourth-order valence-electron chi connectivity index (χ4n) is 3.90. The number of carbonyl (C=O) groups excluding carboxylic acids is 2. The van der Waals surface area contributed by atoms with Crippen LogP contribution in [0.2, 0.25) is 0 Å². The van der Waals surface area contributed by atoms with Crippen molar-refractivity contribution < 1.29 is 19.5 Å². The highest BCUT2D eigenvalue weighted by Gasteiger charge is 2.17. The molecule has 39 heavy (non-hydrogen) atoms. The number of amides is 2. The number of rotatable bonds is 10. The van der Waals surface area contributed by atoms with Gasteiger partial charge in [-0.1, -0.05) is 36.4 Å². The first-order valence-electron chi connectivity index (χ1n) is 11.8. The highest BCUT2D eigenvalue weighted by molar-refractivity contribution is 5.95. The Kier molecular flexibility index (Phi) is 7.75. The number of hydrogen-bond donors (Lipinski definition) is 5. The molecule has 0 aliphatic carbocycles. The van der Waals surface area contributed by atoms with Gasteiger partial charge in [-0.05, 0) is 35.2 Å². The third-order valence-corrected chi connectivity index (χ3v) is 5.91. The summed E-state index contributed by atoms with van der Waals surface area (Å²) in [6.45, 7) is 2.08. The predicted molar refractivity (Wildman–Crippen MR) is 143 cm³/mol. The first kappa shape index (κ1) is 26.7. The summed E-state index contributed by atoms with van der Waals surface area (Å²) in [5.74, 6) is -1.73. The van der Waals surface area contributed by atoms with Gasteiger partial charge >= 0.3 is 5.97 Å². The van der Waals surface area contributed by atoms with E-state index in [0.29, 0.717) is 11.1 Å².